The van der Waals surface area contributed by atoms with Gasteiger partial charge in [0, 0.05) is 21.5 Å². The number of nitrogens with one attached hydrogen (secondary N) is 2. The summed E-state index contributed by atoms with van der Waals surface area (Å²) in [7, 11) is 0. The fraction of sp³-hybridized carbons (Fsp3) is 0.125. The standard InChI is InChI=1S/C32H22ClN3O5S2/c33-20-8-11-22(12-9-20)36-30(38)26-25(27-29(35-32(40)43-27)42-28(26)31(36)39)18-6-13-23(14-7-18)41-16-24(37)34-21-10-5-17-3-1-2-4-19(17)15-21/h1-15,25-26,28H,16H2,(H,34,37)(H,35,40)/t25-,26?,28?/m1/s1. The van der Waals surface area contributed by atoms with E-state index in [1.165, 1.54) is 16.7 Å². The topological polar surface area (TPSA) is 109 Å². The Bertz CT molecular complexity index is 1950. The van der Waals surface area contributed by atoms with Crippen LogP contribution in [0.25, 0.3) is 10.8 Å². The number of aromatic nitrogens is 1. The highest BCUT2D eigenvalue weighted by molar-refractivity contribution is 8.00. The van der Waals surface area contributed by atoms with Crippen LogP contribution in [-0.4, -0.2) is 34.6 Å². The third kappa shape index (κ3) is 5.11. The Kier molecular flexibility index (Phi) is 7.04. The molecule has 3 atom stereocenters. The van der Waals surface area contributed by atoms with Gasteiger partial charge < -0.3 is 15.0 Å². The summed E-state index contributed by atoms with van der Waals surface area (Å²) >= 11 is 8.30. The van der Waals surface area contributed by atoms with Crippen LogP contribution in [0, 0.1) is 5.92 Å². The SMILES string of the molecule is O=C(COc1ccc([C@H]2c3sc(=O)[nH]c3SC3C(=O)N(c4ccc(Cl)cc4)C(=O)C32)cc1)Nc1ccc2ccccc2c1. The van der Waals surface area contributed by atoms with Gasteiger partial charge in [-0.3, -0.25) is 19.2 Å². The largest absolute Gasteiger partial charge is 0.484 e. The van der Waals surface area contributed by atoms with Crippen LogP contribution >= 0.6 is 34.7 Å². The van der Waals surface area contributed by atoms with Gasteiger partial charge in [-0.1, -0.05) is 77.2 Å². The number of thioether (sulfide) groups is 1. The third-order valence-corrected chi connectivity index (χ3v) is 10.2. The lowest BCUT2D eigenvalue weighted by atomic mass is 9.83. The molecule has 1 saturated heterocycles. The molecule has 8 nitrogen and oxygen atoms in total. The number of hydrogen-bond acceptors (Lipinski definition) is 7. The van der Waals surface area contributed by atoms with Crippen LogP contribution in [0.4, 0.5) is 11.4 Å². The maximum atomic E-state index is 13.8. The Morgan fingerprint density at radius 3 is 2.42 bits per heavy atom. The van der Waals surface area contributed by atoms with Crippen LogP contribution in [-0.2, 0) is 14.4 Å². The minimum Gasteiger partial charge on any atom is -0.484 e. The molecule has 0 saturated carbocycles. The van der Waals surface area contributed by atoms with E-state index in [4.69, 9.17) is 16.3 Å². The first-order valence-corrected chi connectivity index (χ1v) is 15.5. The van der Waals surface area contributed by atoms with Crippen molar-refractivity contribution in [3.63, 3.8) is 0 Å². The average molecular weight is 628 g/mol. The van der Waals surface area contributed by atoms with E-state index >= 15 is 0 Å². The molecule has 0 spiro atoms. The number of imide groups is 1. The number of hydrogen-bond donors (Lipinski definition) is 2. The van der Waals surface area contributed by atoms with Gasteiger partial charge in [0.2, 0.25) is 11.8 Å². The highest BCUT2D eigenvalue weighted by Crippen LogP contribution is 2.53. The van der Waals surface area contributed by atoms with Crippen LogP contribution in [0.5, 0.6) is 5.75 Å². The number of halogens is 1. The Morgan fingerprint density at radius 1 is 0.907 bits per heavy atom. The van der Waals surface area contributed by atoms with Crippen LogP contribution < -0.4 is 19.8 Å². The number of amides is 3. The van der Waals surface area contributed by atoms with Crippen LogP contribution in [0.15, 0.2) is 101 Å². The van der Waals surface area contributed by atoms with Crippen molar-refractivity contribution >= 4 is 74.6 Å². The zero-order valence-electron chi connectivity index (χ0n) is 22.3. The van der Waals surface area contributed by atoms with Crippen molar-refractivity contribution < 1.29 is 19.1 Å². The zero-order valence-corrected chi connectivity index (χ0v) is 24.7. The first kappa shape index (κ1) is 27.5. The van der Waals surface area contributed by atoms with Crippen molar-refractivity contribution in [3.8, 4) is 5.75 Å². The molecule has 5 aromatic rings. The lowest BCUT2D eigenvalue weighted by Crippen LogP contribution is -2.32. The molecule has 4 aromatic carbocycles. The maximum Gasteiger partial charge on any atom is 0.305 e. The first-order chi connectivity index (χ1) is 20.9. The van der Waals surface area contributed by atoms with Crippen molar-refractivity contribution in [2.75, 3.05) is 16.8 Å². The van der Waals surface area contributed by atoms with Crippen molar-refractivity contribution in [3.05, 3.63) is 116 Å². The zero-order chi connectivity index (χ0) is 29.7. The number of thiazole rings is 1. The monoisotopic (exact) mass is 627 g/mol. The van der Waals surface area contributed by atoms with Crippen molar-refractivity contribution in [2.45, 2.75) is 16.2 Å². The van der Waals surface area contributed by atoms with Crippen molar-refractivity contribution in [1.29, 1.82) is 0 Å². The average Bonchev–Trinajstić information content (AvgIpc) is 3.51. The number of H-pyrrole nitrogens is 1. The maximum absolute atomic E-state index is 13.8. The second-order valence-corrected chi connectivity index (χ2v) is 12.8. The number of carbonyl (C=O) groups is 3. The number of benzene rings is 4. The van der Waals surface area contributed by atoms with E-state index in [-0.39, 0.29) is 29.2 Å². The Hall–Kier alpha value is -4.38. The van der Waals surface area contributed by atoms with Crippen molar-refractivity contribution in [2.24, 2.45) is 5.92 Å². The second-order valence-electron chi connectivity index (χ2n) is 10.2. The van der Waals surface area contributed by atoms with E-state index in [2.05, 4.69) is 10.3 Å². The number of aromatic amines is 1. The van der Waals surface area contributed by atoms with Gasteiger partial charge in [0.05, 0.1) is 16.6 Å². The highest BCUT2D eigenvalue weighted by Gasteiger charge is 2.56. The summed E-state index contributed by atoms with van der Waals surface area (Å²) in [6.45, 7) is -0.191. The highest BCUT2D eigenvalue weighted by atomic mass is 35.5. The van der Waals surface area contributed by atoms with Crippen LogP contribution in [0.1, 0.15) is 16.4 Å². The van der Waals surface area contributed by atoms with Gasteiger partial charge in [0.1, 0.15) is 11.0 Å². The third-order valence-electron chi connectivity index (χ3n) is 7.55. The number of carbonyl (C=O) groups excluding carboxylic acids is 3. The summed E-state index contributed by atoms with van der Waals surface area (Å²) < 4.78 is 5.74. The molecule has 3 amide bonds. The molecule has 0 radical (unpaired) electrons. The number of ether oxygens (including phenoxy) is 1. The molecule has 0 aliphatic carbocycles. The van der Waals surface area contributed by atoms with Gasteiger partial charge in [0.25, 0.3) is 5.91 Å². The quantitative estimate of drug-likeness (QED) is 0.222. The lowest BCUT2D eigenvalue weighted by Gasteiger charge is -2.29. The molecule has 2 unspecified atom stereocenters. The van der Waals surface area contributed by atoms with E-state index in [1.54, 1.807) is 36.4 Å². The van der Waals surface area contributed by atoms with Gasteiger partial charge in [-0.15, -0.1) is 0 Å². The molecule has 1 fully saturated rings. The molecule has 2 N–H and O–H groups in total. The van der Waals surface area contributed by atoms with E-state index in [1.807, 2.05) is 54.6 Å². The summed E-state index contributed by atoms with van der Waals surface area (Å²) in [5.74, 6) is -1.70. The number of nitrogens with zero attached hydrogens (tertiary/aromatic N) is 1. The summed E-state index contributed by atoms with van der Waals surface area (Å²) in [4.78, 5) is 56.8. The Labute approximate surface area is 258 Å². The smallest absolute Gasteiger partial charge is 0.305 e. The summed E-state index contributed by atoms with van der Waals surface area (Å²) in [5, 5.41) is 5.37. The Balaban J connectivity index is 1.10. The molecule has 11 heteroatoms. The van der Waals surface area contributed by atoms with E-state index in [0.29, 0.717) is 27.2 Å². The normalized spacial score (nSPS) is 19.3. The Morgan fingerprint density at radius 2 is 1.65 bits per heavy atom. The number of anilines is 2. The van der Waals surface area contributed by atoms with Gasteiger partial charge in [-0.05, 0) is 64.9 Å². The fourth-order valence-corrected chi connectivity index (χ4v) is 8.25. The number of rotatable bonds is 6. The summed E-state index contributed by atoms with van der Waals surface area (Å²) in [6, 6.07) is 27.2. The number of fused-ring (bicyclic) bond motifs is 3. The minimum atomic E-state index is -0.702. The molecule has 2 aliphatic rings. The summed E-state index contributed by atoms with van der Waals surface area (Å²) in [5.41, 5.74) is 1.90. The fourth-order valence-electron chi connectivity index (χ4n) is 5.61. The van der Waals surface area contributed by atoms with E-state index in [9.17, 15) is 19.2 Å². The summed E-state index contributed by atoms with van der Waals surface area (Å²) in [6.07, 6.45) is 0. The van der Waals surface area contributed by atoms with Gasteiger partial charge in [-0.25, -0.2) is 4.90 Å². The van der Waals surface area contributed by atoms with Crippen molar-refractivity contribution in [1.82, 2.24) is 4.98 Å². The molecule has 0 bridgehead atoms. The molecular formula is C32H22ClN3O5S2. The van der Waals surface area contributed by atoms with E-state index in [0.717, 1.165) is 32.5 Å². The van der Waals surface area contributed by atoms with E-state index < -0.39 is 17.1 Å². The lowest BCUT2D eigenvalue weighted by molar-refractivity contribution is -0.122. The van der Waals surface area contributed by atoms with Gasteiger partial charge in [-0.2, -0.15) is 0 Å². The molecule has 2 aliphatic heterocycles. The van der Waals surface area contributed by atoms with Gasteiger partial charge in [0.15, 0.2) is 6.61 Å². The predicted molar refractivity (Wildman–Crippen MR) is 168 cm³/mol. The molecular weight excluding hydrogens is 606 g/mol. The second kappa shape index (κ2) is 11.0. The molecule has 7 rings (SSSR count). The molecule has 1 aromatic heterocycles. The molecule has 43 heavy (non-hydrogen) atoms. The van der Waals surface area contributed by atoms with Gasteiger partial charge >= 0.3 is 4.87 Å². The molecule has 3 heterocycles. The predicted octanol–water partition coefficient (Wildman–Crippen LogP) is 6.06. The van der Waals surface area contributed by atoms with Crippen LogP contribution in [0.3, 0.4) is 0 Å². The molecule has 214 valence electrons. The minimum absolute atomic E-state index is 0.191. The van der Waals surface area contributed by atoms with Crippen LogP contribution in [0.2, 0.25) is 5.02 Å². The first-order valence-electron chi connectivity index (χ1n) is 13.4.